The average molecular weight is 357 g/mol. The molecule has 2 aliphatic rings. The number of carbonyl (C=O) groups excluding carboxylic acids is 2. The molecule has 0 saturated carbocycles. The van der Waals surface area contributed by atoms with Crippen LogP contribution in [0.1, 0.15) is 51.0 Å². The zero-order valence-corrected chi connectivity index (χ0v) is 16.0. The number of carbonyl (C=O) groups is 2. The molecule has 0 bridgehead atoms. The second kappa shape index (κ2) is 8.67. The lowest BCUT2D eigenvalue weighted by Crippen LogP contribution is -2.43. The van der Waals surface area contributed by atoms with E-state index in [-0.39, 0.29) is 11.8 Å². The Balaban J connectivity index is 1.44. The van der Waals surface area contributed by atoms with Crippen LogP contribution in [-0.2, 0) is 9.59 Å². The van der Waals surface area contributed by atoms with Crippen LogP contribution in [0.3, 0.4) is 0 Å². The van der Waals surface area contributed by atoms with Gasteiger partial charge in [-0.15, -0.1) is 0 Å². The SMILES string of the molecule is CC(C)c1cccc(NC(=O)CN2CCC(C(=O)N3CCCC3)CC2)c1. The molecule has 0 radical (unpaired) electrons. The molecule has 1 N–H and O–H groups in total. The number of benzene rings is 1. The fourth-order valence-electron chi connectivity index (χ4n) is 3.91. The zero-order chi connectivity index (χ0) is 18.5. The van der Waals surface area contributed by atoms with Gasteiger partial charge in [0.1, 0.15) is 0 Å². The Bertz CT molecular complexity index is 630. The van der Waals surface area contributed by atoms with Gasteiger partial charge in [0.2, 0.25) is 11.8 Å². The molecule has 0 aliphatic carbocycles. The van der Waals surface area contributed by atoms with Crippen LogP contribution in [0.2, 0.25) is 0 Å². The number of nitrogens with zero attached hydrogens (tertiary/aromatic N) is 2. The summed E-state index contributed by atoms with van der Waals surface area (Å²) in [6.07, 6.45) is 4.02. The normalized spacial score (nSPS) is 19.1. The number of rotatable bonds is 5. The van der Waals surface area contributed by atoms with Crippen molar-refractivity contribution in [3.8, 4) is 0 Å². The summed E-state index contributed by atoms with van der Waals surface area (Å²) in [5.74, 6) is 0.946. The topological polar surface area (TPSA) is 52.7 Å². The second-order valence-corrected chi connectivity index (χ2v) is 7.91. The Hall–Kier alpha value is -1.88. The van der Waals surface area contributed by atoms with Crippen LogP contribution in [-0.4, -0.2) is 54.3 Å². The van der Waals surface area contributed by atoms with Gasteiger partial charge in [0.25, 0.3) is 0 Å². The summed E-state index contributed by atoms with van der Waals surface area (Å²) in [4.78, 5) is 29.0. The van der Waals surface area contributed by atoms with E-state index in [4.69, 9.17) is 0 Å². The minimum atomic E-state index is 0.0234. The largest absolute Gasteiger partial charge is 0.342 e. The first-order valence-corrected chi connectivity index (χ1v) is 9.94. The third-order valence-electron chi connectivity index (χ3n) is 5.56. The van der Waals surface area contributed by atoms with E-state index < -0.39 is 0 Å². The van der Waals surface area contributed by atoms with Crippen molar-refractivity contribution in [3.05, 3.63) is 29.8 Å². The lowest BCUT2D eigenvalue weighted by Gasteiger charge is -2.32. The number of piperidine rings is 1. The monoisotopic (exact) mass is 357 g/mol. The molecule has 2 aliphatic heterocycles. The van der Waals surface area contributed by atoms with Gasteiger partial charge in [-0.1, -0.05) is 26.0 Å². The molecule has 5 heteroatoms. The van der Waals surface area contributed by atoms with Crippen molar-refractivity contribution >= 4 is 17.5 Å². The van der Waals surface area contributed by atoms with Gasteiger partial charge in [0, 0.05) is 24.7 Å². The first-order chi connectivity index (χ1) is 12.5. The second-order valence-electron chi connectivity index (χ2n) is 7.91. The number of hydrogen-bond donors (Lipinski definition) is 1. The molecule has 0 atom stereocenters. The van der Waals surface area contributed by atoms with Crippen molar-refractivity contribution in [3.63, 3.8) is 0 Å². The van der Waals surface area contributed by atoms with Crippen molar-refractivity contribution in [2.24, 2.45) is 5.92 Å². The van der Waals surface area contributed by atoms with Gasteiger partial charge in [0.15, 0.2) is 0 Å². The van der Waals surface area contributed by atoms with Crippen LogP contribution in [0.25, 0.3) is 0 Å². The number of anilines is 1. The summed E-state index contributed by atoms with van der Waals surface area (Å²) in [6.45, 7) is 8.20. The van der Waals surface area contributed by atoms with E-state index in [2.05, 4.69) is 30.1 Å². The van der Waals surface area contributed by atoms with Gasteiger partial charge in [-0.3, -0.25) is 14.5 Å². The minimum Gasteiger partial charge on any atom is -0.342 e. The summed E-state index contributed by atoms with van der Waals surface area (Å²) in [5.41, 5.74) is 2.09. The van der Waals surface area contributed by atoms with Crippen molar-refractivity contribution < 1.29 is 9.59 Å². The predicted octanol–water partition coefficient (Wildman–Crippen LogP) is 3.08. The number of amides is 2. The molecular formula is C21H31N3O2. The summed E-state index contributed by atoms with van der Waals surface area (Å²) in [7, 11) is 0. The van der Waals surface area contributed by atoms with E-state index in [0.29, 0.717) is 18.4 Å². The van der Waals surface area contributed by atoms with E-state index in [1.54, 1.807) is 0 Å². The summed E-state index contributed by atoms with van der Waals surface area (Å²) >= 11 is 0. The highest BCUT2D eigenvalue weighted by atomic mass is 16.2. The Morgan fingerprint density at radius 3 is 2.46 bits per heavy atom. The molecule has 2 heterocycles. The highest BCUT2D eigenvalue weighted by molar-refractivity contribution is 5.92. The predicted molar refractivity (Wildman–Crippen MR) is 104 cm³/mol. The van der Waals surface area contributed by atoms with Gasteiger partial charge in [-0.2, -0.15) is 0 Å². The fraction of sp³-hybridized carbons (Fsp3) is 0.619. The van der Waals surface area contributed by atoms with E-state index in [1.165, 1.54) is 5.56 Å². The Kier molecular flexibility index (Phi) is 6.30. The Morgan fingerprint density at radius 2 is 1.81 bits per heavy atom. The van der Waals surface area contributed by atoms with Crippen molar-refractivity contribution in [1.29, 1.82) is 0 Å². The van der Waals surface area contributed by atoms with Crippen LogP contribution in [0.4, 0.5) is 5.69 Å². The first kappa shape index (κ1) is 18.9. The van der Waals surface area contributed by atoms with Gasteiger partial charge in [0.05, 0.1) is 6.54 Å². The molecule has 0 unspecified atom stereocenters. The van der Waals surface area contributed by atoms with Crippen LogP contribution in [0.15, 0.2) is 24.3 Å². The number of hydrogen-bond acceptors (Lipinski definition) is 3. The minimum absolute atomic E-state index is 0.0234. The summed E-state index contributed by atoms with van der Waals surface area (Å²) in [6, 6.07) is 8.05. The molecule has 0 aromatic heterocycles. The Labute approximate surface area is 156 Å². The van der Waals surface area contributed by atoms with Gasteiger partial charge in [-0.05, 0) is 62.4 Å². The molecule has 142 valence electrons. The van der Waals surface area contributed by atoms with Gasteiger partial charge in [-0.25, -0.2) is 0 Å². The van der Waals surface area contributed by atoms with Crippen LogP contribution >= 0.6 is 0 Å². The molecular weight excluding hydrogens is 326 g/mol. The van der Waals surface area contributed by atoms with Crippen LogP contribution in [0.5, 0.6) is 0 Å². The summed E-state index contributed by atoms with van der Waals surface area (Å²) in [5, 5.41) is 3.01. The lowest BCUT2D eigenvalue weighted by molar-refractivity contribution is -0.136. The quantitative estimate of drug-likeness (QED) is 0.881. The smallest absolute Gasteiger partial charge is 0.238 e. The molecule has 2 fully saturated rings. The lowest BCUT2D eigenvalue weighted by atomic mass is 9.95. The molecule has 1 aromatic rings. The number of nitrogens with one attached hydrogen (secondary N) is 1. The van der Waals surface area contributed by atoms with Crippen molar-refractivity contribution in [1.82, 2.24) is 9.80 Å². The highest BCUT2D eigenvalue weighted by Gasteiger charge is 2.30. The molecule has 26 heavy (non-hydrogen) atoms. The number of likely N-dealkylation sites (tertiary alicyclic amines) is 2. The highest BCUT2D eigenvalue weighted by Crippen LogP contribution is 2.22. The maximum absolute atomic E-state index is 12.5. The van der Waals surface area contributed by atoms with Crippen LogP contribution < -0.4 is 5.32 Å². The third kappa shape index (κ3) is 4.85. The van der Waals surface area contributed by atoms with Gasteiger partial charge < -0.3 is 10.2 Å². The van der Waals surface area contributed by atoms with E-state index >= 15 is 0 Å². The molecule has 5 nitrogen and oxygen atoms in total. The van der Waals surface area contributed by atoms with Crippen LogP contribution in [0, 0.1) is 5.92 Å². The first-order valence-electron chi connectivity index (χ1n) is 9.94. The van der Waals surface area contributed by atoms with E-state index in [0.717, 1.165) is 57.5 Å². The fourth-order valence-corrected chi connectivity index (χ4v) is 3.91. The molecule has 2 saturated heterocycles. The third-order valence-corrected chi connectivity index (χ3v) is 5.56. The van der Waals surface area contributed by atoms with E-state index in [1.807, 2.05) is 23.1 Å². The summed E-state index contributed by atoms with van der Waals surface area (Å²) < 4.78 is 0. The molecule has 0 spiro atoms. The molecule has 2 amide bonds. The van der Waals surface area contributed by atoms with Crippen molar-refractivity contribution in [2.45, 2.75) is 45.4 Å². The van der Waals surface area contributed by atoms with E-state index in [9.17, 15) is 9.59 Å². The molecule has 3 rings (SSSR count). The van der Waals surface area contributed by atoms with Crippen molar-refractivity contribution in [2.75, 3.05) is 38.0 Å². The molecule has 1 aromatic carbocycles. The maximum Gasteiger partial charge on any atom is 0.238 e. The maximum atomic E-state index is 12.5. The van der Waals surface area contributed by atoms with Gasteiger partial charge >= 0.3 is 0 Å². The average Bonchev–Trinajstić information content (AvgIpc) is 3.16. The standard InChI is InChI=1S/C21H31N3O2/c1-16(2)18-6-5-7-19(14-18)22-20(25)15-23-12-8-17(9-13-23)21(26)24-10-3-4-11-24/h5-7,14,16-17H,3-4,8-13,15H2,1-2H3,(H,22,25). The zero-order valence-electron chi connectivity index (χ0n) is 16.0. The Morgan fingerprint density at radius 1 is 1.12 bits per heavy atom.